The summed E-state index contributed by atoms with van der Waals surface area (Å²) in [5, 5.41) is 0.264. The van der Waals surface area contributed by atoms with Crippen molar-refractivity contribution in [2.45, 2.75) is 24.2 Å². The van der Waals surface area contributed by atoms with Crippen LogP contribution in [0, 0.1) is 11.6 Å². The second-order valence-electron chi connectivity index (χ2n) is 9.13. The molecule has 1 amide bonds. The number of hydrogen-bond acceptors (Lipinski definition) is 7. The molecule has 0 N–H and O–H groups in total. The van der Waals surface area contributed by atoms with E-state index < -0.39 is 21.7 Å². The first-order valence-electron chi connectivity index (χ1n) is 12.3. The third-order valence-corrected chi connectivity index (χ3v) is 9.58. The molecule has 0 radical (unpaired) electrons. The second kappa shape index (κ2) is 12.3. The molecular formula is C25H29ClF2N4O4S2. The molecule has 3 aromatic rings. The highest BCUT2D eigenvalue weighted by molar-refractivity contribution is 7.89. The Morgan fingerprint density at radius 2 is 1.74 bits per heavy atom. The summed E-state index contributed by atoms with van der Waals surface area (Å²) >= 11 is 1.04. The third kappa shape index (κ3) is 6.16. The summed E-state index contributed by atoms with van der Waals surface area (Å²) in [5.41, 5.74) is 0.303. The Bertz CT molecular complexity index is 1380. The summed E-state index contributed by atoms with van der Waals surface area (Å²) < 4.78 is 61.0. The third-order valence-electron chi connectivity index (χ3n) is 6.64. The number of halogens is 3. The summed E-state index contributed by atoms with van der Waals surface area (Å²) in [6.45, 7) is 5.00. The lowest BCUT2D eigenvalue weighted by atomic mass is 10.2. The molecule has 0 unspecified atom stereocenters. The normalized spacial score (nSPS) is 17.0. The number of rotatable bonds is 8. The predicted octanol–water partition coefficient (Wildman–Crippen LogP) is 4.15. The van der Waals surface area contributed by atoms with Crippen molar-refractivity contribution in [3.8, 4) is 0 Å². The molecule has 2 fully saturated rings. The number of carbonyl (C=O) groups is 1. The van der Waals surface area contributed by atoms with Gasteiger partial charge in [-0.25, -0.2) is 22.2 Å². The highest BCUT2D eigenvalue weighted by Crippen LogP contribution is 2.32. The quantitative estimate of drug-likeness (QED) is 0.394. The van der Waals surface area contributed by atoms with Crippen molar-refractivity contribution >= 4 is 55.0 Å². The Balaban J connectivity index is 0.00000336. The fourth-order valence-electron chi connectivity index (χ4n) is 4.63. The lowest BCUT2D eigenvalue weighted by Gasteiger charge is -2.27. The van der Waals surface area contributed by atoms with E-state index in [1.54, 1.807) is 0 Å². The van der Waals surface area contributed by atoms with Crippen LogP contribution in [0.25, 0.3) is 10.2 Å². The van der Waals surface area contributed by atoms with Crippen LogP contribution in [-0.4, -0.2) is 81.0 Å². The fourth-order valence-corrected chi connectivity index (χ4v) is 7.17. The van der Waals surface area contributed by atoms with Crippen molar-refractivity contribution in [3.05, 3.63) is 53.6 Å². The van der Waals surface area contributed by atoms with Crippen LogP contribution in [-0.2, 0) is 14.8 Å². The van der Waals surface area contributed by atoms with Gasteiger partial charge in [-0.05, 0) is 49.6 Å². The molecule has 206 valence electrons. The zero-order chi connectivity index (χ0) is 26.0. The van der Waals surface area contributed by atoms with E-state index in [1.807, 2.05) is 0 Å². The molecule has 2 saturated heterocycles. The number of anilines is 1. The van der Waals surface area contributed by atoms with E-state index in [9.17, 15) is 22.0 Å². The molecule has 2 aliphatic heterocycles. The number of amides is 1. The molecular weight excluding hydrogens is 558 g/mol. The average Bonchev–Trinajstić information content (AvgIpc) is 3.58. The lowest BCUT2D eigenvalue weighted by Crippen LogP contribution is -2.39. The molecule has 0 aliphatic carbocycles. The number of thiazole rings is 1. The van der Waals surface area contributed by atoms with E-state index >= 15 is 0 Å². The molecule has 38 heavy (non-hydrogen) atoms. The standard InChI is InChI=1S/C25H28F2N4O4S2.ClH/c26-19-16-21(27)23-22(17-19)36-25(28-23)31(11-3-8-29-12-14-35-15-13-29)24(32)18-4-6-20(7-5-18)37(33,34)30-9-1-2-10-30;/h4-7,16-17H,1-3,8-15H2;1H. The van der Waals surface area contributed by atoms with Crippen LogP contribution in [0.1, 0.15) is 29.6 Å². The van der Waals surface area contributed by atoms with Crippen LogP contribution in [0.5, 0.6) is 0 Å². The zero-order valence-corrected chi connectivity index (χ0v) is 23.1. The topological polar surface area (TPSA) is 83.1 Å². The predicted molar refractivity (Wildman–Crippen MR) is 145 cm³/mol. The number of hydrogen-bond donors (Lipinski definition) is 0. The van der Waals surface area contributed by atoms with E-state index in [4.69, 9.17) is 4.74 Å². The number of aromatic nitrogens is 1. The Hall–Kier alpha value is -2.22. The van der Waals surface area contributed by atoms with Gasteiger partial charge < -0.3 is 4.74 Å². The zero-order valence-electron chi connectivity index (χ0n) is 20.6. The number of fused-ring (bicyclic) bond motifs is 1. The van der Waals surface area contributed by atoms with Crippen molar-refractivity contribution in [2.75, 3.05) is 57.4 Å². The summed E-state index contributed by atoms with van der Waals surface area (Å²) in [7, 11) is -3.60. The first-order valence-corrected chi connectivity index (χ1v) is 14.6. The number of ether oxygens (including phenoxy) is 1. The van der Waals surface area contributed by atoms with Gasteiger partial charge in [0.2, 0.25) is 10.0 Å². The minimum atomic E-state index is -3.60. The molecule has 5 rings (SSSR count). The van der Waals surface area contributed by atoms with Crippen LogP contribution < -0.4 is 4.90 Å². The maximum absolute atomic E-state index is 14.3. The monoisotopic (exact) mass is 586 g/mol. The van der Waals surface area contributed by atoms with E-state index in [-0.39, 0.29) is 39.4 Å². The molecule has 1 aromatic heterocycles. The van der Waals surface area contributed by atoms with Crippen LogP contribution in [0.15, 0.2) is 41.3 Å². The van der Waals surface area contributed by atoms with Gasteiger partial charge in [0, 0.05) is 50.9 Å². The van der Waals surface area contributed by atoms with E-state index in [1.165, 1.54) is 39.5 Å². The summed E-state index contributed by atoms with van der Waals surface area (Å²) in [6, 6.07) is 7.85. The molecule has 0 spiro atoms. The smallest absolute Gasteiger partial charge is 0.260 e. The van der Waals surface area contributed by atoms with Crippen LogP contribution in [0.2, 0.25) is 0 Å². The van der Waals surface area contributed by atoms with Gasteiger partial charge in [0.1, 0.15) is 11.3 Å². The lowest BCUT2D eigenvalue weighted by molar-refractivity contribution is 0.0376. The summed E-state index contributed by atoms with van der Waals surface area (Å²) in [6.07, 6.45) is 2.31. The van der Waals surface area contributed by atoms with Gasteiger partial charge in [-0.3, -0.25) is 14.6 Å². The van der Waals surface area contributed by atoms with Crippen LogP contribution in [0.4, 0.5) is 13.9 Å². The Morgan fingerprint density at radius 3 is 2.42 bits per heavy atom. The van der Waals surface area contributed by atoms with Gasteiger partial charge in [0.25, 0.3) is 5.91 Å². The molecule has 0 atom stereocenters. The molecule has 2 aromatic carbocycles. The second-order valence-corrected chi connectivity index (χ2v) is 12.1. The molecule has 0 bridgehead atoms. The van der Waals surface area contributed by atoms with Gasteiger partial charge >= 0.3 is 0 Å². The number of benzene rings is 2. The maximum Gasteiger partial charge on any atom is 0.260 e. The minimum Gasteiger partial charge on any atom is -0.379 e. The molecule has 3 heterocycles. The van der Waals surface area contributed by atoms with Gasteiger partial charge in [-0.1, -0.05) is 11.3 Å². The van der Waals surface area contributed by atoms with E-state index in [2.05, 4.69) is 9.88 Å². The molecule has 13 heteroatoms. The first-order chi connectivity index (χ1) is 17.8. The number of morpholine rings is 1. The molecule has 2 aliphatic rings. The van der Waals surface area contributed by atoms with Crippen molar-refractivity contribution in [2.24, 2.45) is 0 Å². The maximum atomic E-state index is 14.3. The van der Waals surface area contributed by atoms with Gasteiger partial charge in [-0.15, -0.1) is 12.4 Å². The summed E-state index contributed by atoms with van der Waals surface area (Å²) in [4.78, 5) is 21.8. The summed E-state index contributed by atoms with van der Waals surface area (Å²) in [5.74, 6) is -1.87. The number of nitrogens with zero attached hydrogens (tertiary/aromatic N) is 4. The van der Waals surface area contributed by atoms with Gasteiger partial charge in [0.15, 0.2) is 10.9 Å². The Kier molecular flexibility index (Phi) is 9.32. The Morgan fingerprint density at radius 1 is 1.05 bits per heavy atom. The van der Waals surface area contributed by atoms with Crippen molar-refractivity contribution < 1.29 is 26.7 Å². The van der Waals surface area contributed by atoms with Crippen molar-refractivity contribution in [1.82, 2.24) is 14.2 Å². The average molecular weight is 587 g/mol. The van der Waals surface area contributed by atoms with Gasteiger partial charge in [-0.2, -0.15) is 4.31 Å². The molecule has 0 saturated carbocycles. The first kappa shape index (κ1) is 28.8. The van der Waals surface area contributed by atoms with Crippen molar-refractivity contribution in [1.29, 1.82) is 0 Å². The largest absolute Gasteiger partial charge is 0.379 e. The highest BCUT2D eigenvalue weighted by atomic mass is 35.5. The van der Waals surface area contributed by atoms with Crippen LogP contribution in [0.3, 0.4) is 0 Å². The van der Waals surface area contributed by atoms with Crippen molar-refractivity contribution in [3.63, 3.8) is 0 Å². The van der Waals surface area contributed by atoms with Gasteiger partial charge in [0.05, 0.1) is 22.8 Å². The van der Waals surface area contributed by atoms with E-state index in [0.717, 1.165) is 49.9 Å². The number of sulfonamides is 1. The minimum absolute atomic E-state index is 0. The van der Waals surface area contributed by atoms with Crippen LogP contribution >= 0.6 is 23.7 Å². The SMILES string of the molecule is Cl.O=C(c1ccc(S(=O)(=O)N2CCCC2)cc1)N(CCCN1CCOCC1)c1nc2c(F)cc(F)cc2s1. The number of carbonyl (C=O) groups excluding carboxylic acids is 1. The fraction of sp³-hybridized carbons (Fsp3) is 0.440. The highest BCUT2D eigenvalue weighted by Gasteiger charge is 2.28. The molecule has 8 nitrogen and oxygen atoms in total. The van der Waals surface area contributed by atoms with E-state index in [0.29, 0.717) is 44.0 Å². The Labute approximate surface area is 230 Å².